The summed E-state index contributed by atoms with van der Waals surface area (Å²) in [6, 6.07) is 25.2. The van der Waals surface area contributed by atoms with E-state index in [2.05, 4.69) is 83.6 Å². The van der Waals surface area contributed by atoms with Gasteiger partial charge in [-0.1, -0.05) is 66.3 Å². The molecule has 252 valence electrons. The fourth-order valence-corrected chi connectivity index (χ4v) is 6.07. The monoisotopic (exact) mass is 647 g/mol. The number of rotatable bonds is 16. The minimum absolute atomic E-state index is 0.555. The lowest BCUT2D eigenvalue weighted by Crippen LogP contribution is -2.25. The molecule has 3 aromatic carbocycles. The number of imidazole rings is 1. The van der Waals surface area contributed by atoms with Crippen molar-refractivity contribution in [3.05, 3.63) is 126 Å². The predicted octanol–water partition coefficient (Wildman–Crippen LogP) is 9.23. The van der Waals surface area contributed by atoms with Crippen molar-refractivity contribution < 1.29 is 18.9 Å². The van der Waals surface area contributed by atoms with E-state index in [0.717, 1.165) is 76.3 Å². The molecule has 0 radical (unpaired) electrons. The molecule has 0 amide bonds. The van der Waals surface area contributed by atoms with Crippen molar-refractivity contribution in [1.29, 1.82) is 0 Å². The van der Waals surface area contributed by atoms with E-state index in [-0.39, 0.29) is 0 Å². The van der Waals surface area contributed by atoms with Gasteiger partial charge >= 0.3 is 0 Å². The lowest BCUT2D eigenvalue weighted by Gasteiger charge is -2.26. The third-order valence-corrected chi connectivity index (χ3v) is 8.37. The Hall–Kier alpha value is -4.75. The van der Waals surface area contributed by atoms with E-state index in [4.69, 9.17) is 23.9 Å². The number of hydrogen-bond acceptors (Lipinski definition) is 6. The molecule has 0 bridgehead atoms. The van der Waals surface area contributed by atoms with Crippen molar-refractivity contribution in [2.45, 2.75) is 66.7 Å². The molecule has 7 heteroatoms. The van der Waals surface area contributed by atoms with Gasteiger partial charge < -0.3 is 23.5 Å². The maximum atomic E-state index is 5.97. The molecular weight excluding hydrogens is 598 g/mol. The smallest absolute Gasteiger partial charge is 0.161 e. The van der Waals surface area contributed by atoms with Gasteiger partial charge in [-0.25, -0.2) is 4.98 Å². The molecule has 0 unspecified atom stereocenters. The van der Waals surface area contributed by atoms with Crippen molar-refractivity contribution in [3.8, 4) is 28.5 Å². The Morgan fingerprint density at radius 1 is 0.938 bits per heavy atom. The van der Waals surface area contributed by atoms with Gasteiger partial charge in [-0.2, -0.15) is 0 Å². The summed E-state index contributed by atoms with van der Waals surface area (Å²) in [5.74, 6) is 4.20. The lowest BCUT2D eigenvalue weighted by molar-refractivity contribution is 0.170. The van der Waals surface area contributed by atoms with Crippen LogP contribution in [0.15, 0.2) is 103 Å². The van der Waals surface area contributed by atoms with Crippen LogP contribution < -0.4 is 14.2 Å². The minimum Gasteiger partial charge on any atom is -0.501 e. The molecule has 1 aromatic heterocycles. The first-order valence-corrected chi connectivity index (χ1v) is 16.9. The molecule has 1 aliphatic rings. The maximum absolute atomic E-state index is 5.97. The summed E-state index contributed by atoms with van der Waals surface area (Å²) < 4.78 is 25.9. The number of benzene rings is 3. The summed E-state index contributed by atoms with van der Waals surface area (Å²) >= 11 is 0. The Labute approximate surface area is 286 Å². The molecule has 0 saturated carbocycles. The van der Waals surface area contributed by atoms with Crippen LogP contribution in [0.4, 0.5) is 0 Å². The fourth-order valence-electron chi connectivity index (χ4n) is 6.07. The molecule has 0 spiro atoms. The van der Waals surface area contributed by atoms with E-state index in [0.29, 0.717) is 39.5 Å². The van der Waals surface area contributed by atoms with Gasteiger partial charge in [0.1, 0.15) is 30.5 Å². The first-order chi connectivity index (χ1) is 23.4. The van der Waals surface area contributed by atoms with Crippen LogP contribution in [0.1, 0.15) is 63.2 Å². The van der Waals surface area contributed by atoms with Crippen molar-refractivity contribution in [2.75, 3.05) is 26.9 Å². The molecule has 4 aromatic rings. The van der Waals surface area contributed by atoms with E-state index < -0.39 is 0 Å². The number of methoxy groups -OCH3 is 1. The van der Waals surface area contributed by atoms with Crippen LogP contribution in [0.2, 0.25) is 0 Å². The number of nitrogens with zero attached hydrogens (tertiary/aromatic N) is 3. The standard InChI is InChI=1S/C41H49N3O4/c1-7-14-36(31(5)45-6)41-42-40(34-17-10-9-11-18-34)37(44(41)22-13-15-30(3)4)29-43(27-32-16-12-19-35(25-32)46-8-2)28-33-20-21-38-39(26-33)48-24-23-47-38/h7,9-12,14,16-21,25-26H,3,8,13,15,22-24,27-29H2,1-2,4-6H3/b14-7-,36-31-. The van der Waals surface area contributed by atoms with E-state index in [1.165, 1.54) is 11.1 Å². The Balaban J connectivity index is 1.64. The topological polar surface area (TPSA) is 58.0 Å². The van der Waals surface area contributed by atoms with Crippen LogP contribution in [-0.2, 0) is 30.9 Å². The lowest BCUT2D eigenvalue weighted by atomic mass is 10.1. The van der Waals surface area contributed by atoms with Gasteiger partial charge in [-0.15, -0.1) is 6.58 Å². The van der Waals surface area contributed by atoms with Gasteiger partial charge in [0.2, 0.25) is 0 Å². The normalized spacial score (nSPS) is 13.1. The van der Waals surface area contributed by atoms with Crippen LogP contribution in [0.5, 0.6) is 17.2 Å². The van der Waals surface area contributed by atoms with Crippen LogP contribution in [0.25, 0.3) is 16.8 Å². The number of ether oxygens (including phenoxy) is 4. The third kappa shape index (κ3) is 8.78. The van der Waals surface area contributed by atoms with Gasteiger partial charge in [0.25, 0.3) is 0 Å². The van der Waals surface area contributed by atoms with Gasteiger partial charge in [0.15, 0.2) is 11.5 Å². The molecule has 0 fully saturated rings. The van der Waals surface area contributed by atoms with Crippen molar-refractivity contribution in [1.82, 2.24) is 14.5 Å². The van der Waals surface area contributed by atoms with Crippen LogP contribution in [-0.4, -0.2) is 41.4 Å². The molecule has 5 rings (SSSR count). The quantitative estimate of drug-likeness (QED) is 0.0687. The molecular formula is C41H49N3O4. The van der Waals surface area contributed by atoms with E-state index >= 15 is 0 Å². The summed E-state index contributed by atoms with van der Waals surface area (Å²) in [6.45, 7) is 16.9. The molecule has 0 aliphatic carbocycles. The second-order valence-corrected chi connectivity index (χ2v) is 12.2. The summed E-state index contributed by atoms with van der Waals surface area (Å²) in [6.07, 6.45) is 6.04. The maximum Gasteiger partial charge on any atom is 0.161 e. The van der Waals surface area contributed by atoms with E-state index in [9.17, 15) is 0 Å². The zero-order chi connectivity index (χ0) is 33.9. The number of allylic oxidation sites excluding steroid dienone is 5. The fraction of sp³-hybridized carbons (Fsp3) is 0.341. The summed E-state index contributed by atoms with van der Waals surface area (Å²) in [5.41, 5.74) is 7.69. The summed E-state index contributed by atoms with van der Waals surface area (Å²) in [7, 11) is 1.72. The highest BCUT2D eigenvalue weighted by Gasteiger charge is 2.24. The van der Waals surface area contributed by atoms with Gasteiger partial charge in [-0.05, 0) is 75.9 Å². The molecule has 0 atom stereocenters. The molecule has 0 N–H and O–H groups in total. The second-order valence-electron chi connectivity index (χ2n) is 12.2. The van der Waals surface area contributed by atoms with E-state index in [1.807, 2.05) is 45.0 Å². The van der Waals surface area contributed by atoms with Crippen molar-refractivity contribution in [3.63, 3.8) is 0 Å². The SMILES string of the molecule is C=C(C)CCCn1c(C(/C=C\C)=C(/C)OC)nc(-c2ccccc2)c1CN(Cc1cccc(OCC)c1)Cc1ccc2c(c1)OCCO2. The predicted molar refractivity (Wildman–Crippen MR) is 194 cm³/mol. The van der Waals surface area contributed by atoms with Crippen LogP contribution >= 0.6 is 0 Å². The van der Waals surface area contributed by atoms with Gasteiger partial charge in [0.05, 0.1) is 30.7 Å². The second kappa shape index (κ2) is 16.9. The van der Waals surface area contributed by atoms with E-state index in [1.54, 1.807) is 7.11 Å². The number of fused-ring (bicyclic) bond motifs is 1. The molecule has 48 heavy (non-hydrogen) atoms. The number of hydrogen-bond donors (Lipinski definition) is 0. The van der Waals surface area contributed by atoms with Gasteiger partial charge in [-0.3, -0.25) is 4.90 Å². The van der Waals surface area contributed by atoms with Crippen LogP contribution in [0.3, 0.4) is 0 Å². The highest BCUT2D eigenvalue weighted by atomic mass is 16.6. The van der Waals surface area contributed by atoms with Crippen molar-refractivity contribution >= 4 is 5.57 Å². The minimum atomic E-state index is 0.555. The Kier molecular flexibility index (Phi) is 12.2. The van der Waals surface area contributed by atoms with Crippen LogP contribution in [0, 0.1) is 0 Å². The zero-order valence-electron chi connectivity index (χ0n) is 29.1. The summed E-state index contributed by atoms with van der Waals surface area (Å²) in [4.78, 5) is 7.87. The number of aromatic nitrogens is 2. The first kappa shape index (κ1) is 34.6. The Bertz CT molecular complexity index is 1740. The zero-order valence-corrected chi connectivity index (χ0v) is 29.1. The third-order valence-electron chi connectivity index (χ3n) is 8.37. The first-order valence-electron chi connectivity index (χ1n) is 16.9. The van der Waals surface area contributed by atoms with Crippen molar-refractivity contribution in [2.24, 2.45) is 0 Å². The summed E-state index contributed by atoms with van der Waals surface area (Å²) in [5, 5.41) is 0. The Morgan fingerprint density at radius 2 is 1.69 bits per heavy atom. The van der Waals surface area contributed by atoms with Gasteiger partial charge in [0, 0.05) is 31.7 Å². The highest BCUT2D eigenvalue weighted by Crippen LogP contribution is 2.34. The molecule has 2 heterocycles. The molecule has 7 nitrogen and oxygen atoms in total. The molecule has 0 saturated heterocycles. The average Bonchev–Trinajstić information content (AvgIpc) is 3.44. The Morgan fingerprint density at radius 3 is 2.40 bits per heavy atom. The highest BCUT2D eigenvalue weighted by molar-refractivity contribution is 5.75. The largest absolute Gasteiger partial charge is 0.501 e. The average molecular weight is 648 g/mol. The molecule has 1 aliphatic heterocycles.